The minimum atomic E-state index is -1.37. The molecule has 0 unspecified atom stereocenters. The monoisotopic (exact) mass is 278 g/mol. The Morgan fingerprint density at radius 3 is 2.10 bits per heavy atom. The summed E-state index contributed by atoms with van der Waals surface area (Å²) < 4.78 is 4.52. The van der Waals surface area contributed by atoms with Crippen molar-refractivity contribution in [2.24, 2.45) is 0 Å². The summed E-state index contributed by atoms with van der Waals surface area (Å²) in [6, 6.07) is 8.31. The van der Waals surface area contributed by atoms with E-state index in [4.69, 9.17) is 10.2 Å². The molecule has 0 aliphatic rings. The average molecular weight is 278 g/mol. The zero-order valence-corrected chi connectivity index (χ0v) is 10.8. The summed E-state index contributed by atoms with van der Waals surface area (Å²) in [5.74, 6) is -3.27. The van der Waals surface area contributed by atoms with Crippen molar-refractivity contribution in [1.82, 2.24) is 0 Å². The SMILES string of the molecule is COC(=O)CC(=C(CC(=O)O)C(=O)O)c1ccccc1. The molecule has 1 aromatic rings. The van der Waals surface area contributed by atoms with Crippen LogP contribution in [0.15, 0.2) is 35.9 Å². The van der Waals surface area contributed by atoms with Crippen LogP contribution >= 0.6 is 0 Å². The van der Waals surface area contributed by atoms with Crippen molar-refractivity contribution in [3.63, 3.8) is 0 Å². The smallest absolute Gasteiger partial charge is 0.332 e. The molecule has 0 amide bonds. The summed E-state index contributed by atoms with van der Waals surface area (Å²) in [7, 11) is 1.18. The third-order valence-corrected chi connectivity index (χ3v) is 2.62. The number of carboxylic acid groups (broad SMARTS) is 2. The molecule has 20 heavy (non-hydrogen) atoms. The van der Waals surface area contributed by atoms with E-state index in [1.165, 1.54) is 7.11 Å². The Labute approximate surface area is 115 Å². The Bertz CT molecular complexity index is 544. The molecule has 1 aromatic carbocycles. The maximum absolute atomic E-state index is 11.4. The first kappa shape index (κ1) is 15.4. The molecular weight excluding hydrogens is 264 g/mol. The van der Waals surface area contributed by atoms with E-state index >= 15 is 0 Å². The van der Waals surface area contributed by atoms with Crippen LogP contribution in [-0.2, 0) is 19.1 Å². The molecular formula is C14H14O6. The van der Waals surface area contributed by atoms with Crippen LogP contribution < -0.4 is 0 Å². The maximum Gasteiger partial charge on any atom is 0.332 e. The second-order valence-electron chi connectivity index (χ2n) is 3.95. The van der Waals surface area contributed by atoms with Crippen LogP contribution in [0.2, 0.25) is 0 Å². The molecule has 0 aromatic heterocycles. The molecule has 2 N–H and O–H groups in total. The summed E-state index contributed by atoms with van der Waals surface area (Å²) in [6.07, 6.45) is -0.966. The van der Waals surface area contributed by atoms with Crippen LogP contribution in [0.5, 0.6) is 0 Å². The maximum atomic E-state index is 11.4. The van der Waals surface area contributed by atoms with Gasteiger partial charge in [-0.15, -0.1) is 0 Å². The highest BCUT2D eigenvalue weighted by Crippen LogP contribution is 2.25. The summed E-state index contributed by atoms with van der Waals surface area (Å²) in [4.78, 5) is 33.4. The Morgan fingerprint density at radius 2 is 1.65 bits per heavy atom. The highest BCUT2D eigenvalue weighted by Gasteiger charge is 2.21. The van der Waals surface area contributed by atoms with Crippen molar-refractivity contribution in [2.45, 2.75) is 12.8 Å². The lowest BCUT2D eigenvalue weighted by Crippen LogP contribution is -2.12. The van der Waals surface area contributed by atoms with Gasteiger partial charge >= 0.3 is 17.9 Å². The van der Waals surface area contributed by atoms with Gasteiger partial charge in [0.25, 0.3) is 0 Å². The second kappa shape index (κ2) is 7.08. The number of hydrogen-bond donors (Lipinski definition) is 2. The van der Waals surface area contributed by atoms with Crippen LogP contribution in [0.4, 0.5) is 0 Å². The molecule has 0 saturated carbocycles. The molecule has 6 nitrogen and oxygen atoms in total. The number of carbonyl (C=O) groups excluding carboxylic acids is 1. The predicted molar refractivity (Wildman–Crippen MR) is 69.9 cm³/mol. The van der Waals surface area contributed by atoms with Gasteiger partial charge in [-0.05, 0) is 11.1 Å². The first-order valence-corrected chi connectivity index (χ1v) is 5.75. The minimum absolute atomic E-state index is 0.146. The quantitative estimate of drug-likeness (QED) is 0.605. The van der Waals surface area contributed by atoms with Crippen molar-refractivity contribution >= 4 is 23.5 Å². The molecule has 1 rings (SSSR count). The van der Waals surface area contributed by atoms with Crippen LogP contribution in [-0.4, -0.2) is 35.2 Å². The summed E-state index contributed by atoms with van der Waals surface area (Å²) in [5, 5.41) is 18.0. The second-order valence-corrected chi connectivity index (χ2v) is 3.95. The number of benzene rings is 1. The van der Waals surface area contributed by atoms with E-state index in [9.17, 15) is 14.4 Å². The standard InChI is InChI=1S/C14H14O6/c1-20-13(17)8-10(9-5-3-2-4-6-9)11(14(18)19)7-12(15)16/h2-6H,7-8H2,1H3,(H,15,16)(H,18,19). The van der Waals surface area contributed by atoms with Crippen molar-refractivity contribution in [3.8, 4) is 0 Å². The fraction of sp³-hybridized carbons (Fsp3) is 0.214. The molecule has 0 saturated heterocycles. The fourth-order valence-electron chi connectivity index (χ4n) is 1.70. The van der Waals surface area contributed by atoms with Gasteiger partial charge in [0.1, 0.15) is 0 Å². The number of methoxy groups -OCH3 is 1. The van der Waals surface area contributed by atoms with Gasteiger partial charge in [0.15, 0.2) is 0 Å². The van der Waals surface area contributed by atoms with E-state index in [-0.39, 0.29) is 17.6 Å². The van der Waals surface area contributed by atoms with Gasteiger partial charge in [-0.2, -0.15) is 0 Å². The van der Waals surface area contributed by atoms with Crippen LogP contribution in [0.1, 0.15) is 18.4 Å². The molecule has 0 fully saturated rings. The van der Waals surface area contributed by atoms with Crippen LogP contribution in [0.25, 0.3) is 5.57 Å². The summed E-state index contributed by atoms with van der Waals surface area (Å²) >= 11 is 0. The number of carboxylic acids is 2. The van der Waals surface area contributed by atoms with Crippen molar-refractivity contribution in [1.29, 1.82) is 0 Å². The molecule has 0 atom stereocenters. The van der Waals surface area contributed by atoms with E-state index in [1.807, 2.05) is 0 Å². The van der Waals surface area contributed by atoms with Crippen molar-refractivity contribution < 1.29 is 29.3 Å². The molecule has 0 aliphatic carbocycles. The fourth-order valence-corrected chi connectivity index (χ4v) is 1.70. The lowest BCUT2D eigenvalue weighted by molar-refractivity contribution is -0.140. The number of ether oxygens (including phenoxy) is 1. The molecule has 106 valence electrons. The lowest BCUT2D eigenvalue weighted by atomic mass is 9.95. The molecule has 0 radical (unpaired) electrons. The topological polar surface area (TPSA) is 101 Å². The number of esters is 1. The Kier molecular flexibility index (Phi) is 5.46. The van der Waals surface area contributed by atoms with Gasteiger partial charge < -0.3 is 14.9 Å². The first-order chi connectivity index (χ1) is 9.45. The number of rotatable bonds is 6. The van der Waals surface area contributed by atoms with Gasteiger partial charge in [0, 0.05) is 0 Å². The predicted octanol–water partition coefficient (Wildman–Crippen LogP) is 1.56. The van der Waals surface area contributed by atoms with E-state index in [2.05, 4.69) is 4.74 Å². The van der Waals surface area contributed by atoms with Crippen molar-refractivity contribution in [2.75, 3.05) is 7.11 Å². The summed E-state index contributed by atoms with van der Waals surface area (Å²) in [6.45, 7) is 0. The van der Waals surface area contributed by atoms with Gasteiger partial charge in [-0.1, -0.05) is 30.3 Å². The Hall–Kier alpha value is -2.63. The molecule has 0 aliphatic heterocycles. The Balaban J connectivity index is 3.35. The first-order valence-electron chi connectivity index (χ1n) is 5.75. The average Bonchev–Trinajstić information content (AvgIpc) is 2.42. The third kappa shape index (κ3) is 4.24. The van der Waals surface area contributed by atoms with Crippen LogP contribution in [0.3, 0.4) is 0 Å². The molecule has 6 heteroatoms. The number of carbonyl (C=O) groups is 3. The molecule has 0 heterocycles. The zero-order chi connectivity index (χ0) is 15.1. The highest BCUT2D eigenvalue weighted by atomic mass is 16.5. The Morgan fingerprint density at radius 1 is 1.05 bits per heavy atom. The zero-order valence-electron chi connectivity index (χ0n) is 10.8. The van der Waals surface area contributed by atoms with E-state index in [0.717, 1.165) is 0 Å². The van der Waals surface area contributed by atoms with Crippen molar-refractivity contribution in [3.05, 3.63) is 41.5 Å². The number of aliphatic carboxylic acids is 2. The van der Waals surface area contributed by atoms with E-state index < -0.39 is 24.3 Å². The number of hydrogen-bond acceptors (Lipinski definition) is 4. The molecule has 0 spiro atoms. The van der Waals surface area contributed by atoms with Gasteiger partial charge in [0.05, 0.1) is 25.5 Å². The molecule has 0 bridgehead atoms. The summed E-state index contributed by atoms with van der Waals surface area (Å²) in [5.41, 5.74) is 0.304. The minimum Gasteiger partial charge on any atom is -0.481 e. The normalized spacial score (nSPS) is 11.4. The van der Waals surface area contributed by atoms with Gasteiger partial charge in [0.2, 0.25) is 0 Å². The van der Waals surface area contributed by atoms with E-state index in [0.29, 0.717) is 5.56 Å². The largest absolute Gasteiger partial charge is 0.481 e. The highest BCUT2D eigenvalue weighted by molar-refractivity contribution is 6.03. The van der Waals surface area contributed by atoms with Crippen LogP contribution in [0, 0.1) is 0 Å². The van der Waals surface area contributed by atoms with E-state index in [1.54, 1.807) is 30.3 Å². The van der Waals surface area contributed by atoms with Gasteiger partial charge in [-0.25, -0.2) is 4.79 Å². The third-order valence-electron chi connectivity index (χ3n) is 2.62. The van der Waals surface area contributed by atoms with Gasteiger partial charge in [-0.3, -0.25) is 9.59 Å². The lowest BCUT2D eigenvalue weighted by Gasteiger charge is -2.11.